The molecule has 4 nitrogen and oxygen atoms in total. The van der Waals surface area contributed by atoms with E-state index in [1.165, 1.54) is 0 Å². The summed E-state index contributed by atoms with van der Waals surface area (Å²) >= 11 is 0. The second kappa shape index (κ2) is 4.26. The molecular weight excluding hydrogens is 214 g/mol. The average molecular weight is 224 g/mol. The van der Waals surface area contributed by atoms with Crippen molar-refractivity contribution in [1.82, 2.24) is 14.8 Å². The van der Waals surface area contributed by atoms with E-state index in [4.69, 9.17) is 0 Å². The first kappa shape index (κ1) is 10.5. The third-order valence-electron chi connectivity index (χ3n) is 2.17. The molecule has 0 aliphatic heterocycles. The number of halogens is 2. The molecule has 0 aliphatic rings. The lowest BCUT2D eigenvalue weighted by Gasteiger charge is -2.06. The monoisotopic (exact) mass is 224 g/mol. The molecule has 6 heteroatoms. The first-order valence-corrected chi connectivity index (χ1v) is 4.68. The molecule has 2 heterocycles. The van der Waals surface area contributed by atoms with Crippen LogP contribution in [0.4, 0.5) is 14.6 Å². The van der Waals surface area contributed by atoms with Gasteiger partial charge in [0.1, 0.15) is 5.82 Å². The normalized spacial score (nSPS) is 10.4. The van der Waals surface area contributed by atoms with Crippen molar-refractivity contribution >= 4 is 5.82 Å². The zero-order chi connectivity index (χ0) is 11.5. The van der Waals surface area contributed by atoms with Gasteiger partial charge in [0.25, 0.3) is 0 Å². The number of nitrogens with zero attached hydrogens (tertiary/aromatic N) is 3. The molecule has 0 spiro atoms. The Hall–Kier alpha value is -1.98. The van der Waals surface area contributed by atoms with Gasteiger partial charge in [-0.2, -0.15) is 5.10 Å². The fraction of sp³-hybridized carbons (Fsp3) is 0.200. The molecule has 16 heavy (non-hydrogen) atoms. The minimum absolute atomic E-state index is 0.0302. The van der Waals surface area contributed by atoms with Crippen molar-refractivity contribution in [3.8, 4) is 0 Å². The van der Waals surface area contributed by atoms with E-state index in [0.29, 0.717) is 6.54 Å². The Balaban J connectivity index is 2.08. The molecule has 0 unspecified atom stereocenters. The summed E-state index contributed by atoms with van der Waals surface area (Å²) in [6.07, 6.45) is 2.61. The standard InChI is InChI=1S/C10H10F2N4/c1-16-8(2-3-15-16)6-14-10-9(12)4-7(11)5-13-10/h2-5H,6H2,1H3,(H,13,14). The summed E-state index contributed by atoms with van der Waals surface area (Å²) in [5.41, 5.74) is 0.880. The number of aromatic nitrogens is 3. The number of nitrogens with one attached hydrogen (secondary N) is 1. The quantitative estimate of drug-likeness (QED) is 0.863. The van der Waals surface area contributed by atoms with Crippen LogP contribution in [0.5, 0.6) is 0 Å². The lowest BCUT2D eigenvalue weighted by molar-refractivity contribution is 0.575. The zero-order valence-electron chi connectivity index (χ0n) is 8.61. The van der Waals surface area contributed by atoms with Crippen molar-refractivity contribution in [2.75, 3.05) is 5.32 Å². The molecule has 0 radical (unpaired) electrons. The highest BCUT2D eigenvalue weighted by Crippen LogP contribution is 2.12. The number of rotatable bonds is 3. The maximum atomic E-state index is 13.2. The molecule has 0 saturated carbocycles. The highest BCUT2D eigenvalue weighted by molar-refractivity contribution is 5.36. The van der Waals surface area contributed by atoms with E-state index >= 15 is 0 Å². The molecule has 0 aliphatic carbocycles. The molecule has 0 aromatic carbocycles. The van der Waals surface area contributed by atoms with Gasteiger partial charge in [0, 0.05) is 19.3 Å². The smallest absolute Gasteiger partial charge is 0.168 e. The maximum Gasteiger partial charge on any atom is 0.168 e. The fourth-order valence-electron chi connectivity index (χ4n) is 1.29. The number of pyridine rings is 1. The van der Waals surface area contributed by atoms with Gasteiger partial charge in [-0.25, -0.2) is 13.8 Å². The van der Waals surface area contributed by atoms with Crippen LogP contribution in [0.25, 0.3) is 0 Å². The van der Waals surface area contributed by atoms with Crippen LogP contribution in [0.1, 0.15) is 5.69 Å². The molecular formula is C10H10F2N4. The molecule has 84 valence electrons. The minimum Gasteiger partial charge on any atom is -0.362 e. The molecule has 2 aromatic rings. The van der Waals surface area contributed by atoms with Gasteiger partial charge >= 0.3 is 0 Å². The third kappa shape index (κ3) is 2.16. The van der Waals surface area contributed by atoms with E-state index in [-0.39, 0.29) is 5.82 Å². The van der Waals surface area contributed by atoms with Crippen molar-refractivity contribution in [1.29, 1.82) is 0 Å². The SMILES string of the molecule is Cn1nccc1CNc1ncc(F)cc1F. The Morgan fingerprint density at radius 2 is 2.25 bits per heavy atom. The highest BCUT2D eigenvalue weighted by atomic mass is 19.1. The van der Waals surface area contributed by atoms with E-state index in [1.807, 2.05) is 0 Å². The van der Waals surface area contributed by atoms with Crippen LogP contribution in [0.15, 0.2) is 24.5 Å². The molecule has 0 amide bonds. The van der Waals surface area contributed by atoms with Crippen LogP contribution in [0, 0.1) is 11.6 Å². The Bertz CT molecular complexity index is 495. The summed E-state index contributed by atoms with van der Waals surface area (Å²) in [5.74, 6) is -1.37. The van der Waals surface area contributed by atoms with Crippen LogP contribution in [-0.2, 0) is 13.6 Å². The molecule has 2 aromatic heterocycles. The van der Waals surface area contributed by atoms with E-state index in [1.54, 1.807) is 24.0 Å². The Labute approximate surface area is 90.9 Å². The van der Waals surface area contributed by atoms with Crippen LogP contribution >= 0.6 is 0 Å². The first-order chi connectivity index (χ1) is 7.66. The summed E-state index contributed by atoms with van der Waals surface area (Å²) in [7, 11) is 1.78. The van der Waals surface area contributed by atoms with E-state index in [2.05, 4.69) is 15.4 Å². The number of anilines is 1. The van der Waals surface area contributed by atoms with Gasteiger partial charge in [0.05, 0.1) is 18.4 Å². The van der Waals surface area contributed by atoms with Gasteiger partial charge in [0.15, 0.2) is 11.6 Å². The largest absolute Gasteiger partial charge is 0.362 e. The van der Waals surface area contributed by atoms with E-state index in [9.17, 15) is 8.78 Å². The van der Waals surface area contributed by atoms with Gasteiger partial charge in [-0.05, 0) is 6.07 Å². The summed E-state index contributed by atoms with van der Waals surface area (Å²) in [5, 5.41) is 6.74. The number of hydrogen-bond donors (Lipinski definition) is 1. The summed E-state index contributed by atoms with van der Waals surface area (Å²) in [4.78, 5) is 3.62. The second-order valence-electron chi connectivity index (χ2n) is 3.28. The van der Waals surface area contributed by atoms with Crippen molar-refractivity contribution < 1.29 is 8.78 Å². The van der Waals surface area contributed by atoms with Gasteiger partial charge in [-0.3, -0.25) is 4.68 Å². The van der Waals surface area contributed by atoms with Crippen LogP contribution in [-0.4, -0.2) is 14.8 Å². The Morgan fingerprint density at radius 1 is 1.44 bits per heavy atom. The number of hydrogen-bond acceptors (Lipinski definition) is 3. The topological polar surface area (TPSA) is 42.7 Å². The summed E-state index contributed by atoms with van der Waals surface area (Å²) < 4.78 is 27.4. The van der Waals surface area contributed by atoms with Crippen LogP contribution in [0.3, 0.4) is 0 Å². The van der Waals surface area contributed by atoms with Crippen LogP contribution in [0.2, 0.25) is 0 Å². The third-order valence-corrected chi connectivity index (χ3v) is 2.17. The van der Waals surface area contributed by atoms with E-state index < -0.39 is 11.6 Å². The Morgan fingerprint density at radius 3 is 2.88 bits per heavy atom. The molecule has 1 N–H and O–H groups in total. The van der Waals surface area contributed by atoms with Gasteiger partial charge in [-0.15, -0.1) is 0 Å². The summed E-state index contributed by atoms with van der Waals surface area (Å²) in [6.45, 7) is 0.381. The van der Waals surface area contributed by atoms with Crippen molar-refractivity contribution in [2.45, 2.75) is 6.54 Å². The minimum atomic E-state index is -0.706. The van der Waals surface area contributed by atoms with Gasteiger partial charge in [-0.1, -0.05) is 0 Å². The lowest BCUT2D eigenvalue weighted by atomic mass is 10.4. The molecule has 2 rings (SSSR count). The van der Waals surface area contributed by atoms with Crippen molar-refractivity contribution in [3.05, 3.63) is 41.9 Å². The van der Waals surface area contributed by atoms with Gasteiger partial charge in [0.2, 0.25) is 0 Å². The fourth-order valence-corrected chi connectivity index (χ4v) is 1.29. The zero-order valence-corrected chi connectivity index (χ0v) is 8.61. The van der Waals surface area contributed by atoms with Crippen LogP contribution < -0.4 is 5.32 Å². The first-order valence-electron chi connectivity index (χ1n) is 4.68. The van der Waals surface area contributed by atoms with E-state index in [0.717, 1.165) is 18.0 Å². The Kier molecular flexibility index (Phi) is 2.80. The maximum absolute atomic E-state index is 13.2. The average Bonchev–Trinajstić information content (AvgIpc) is 2.63. The summed E-state index contributed by atoms with van der Waals surface area (Å²) in [6, 6.07) is 2.59. The highest BCUT2D eigenvalue weighted by Gasteiger charge is 2.05. The van der Waals surface area contributed by atoms with Crippen molar-refractivity contribution in [3.63, 3.8) is 0 Å². The second-order valence-corrected chi connectivity index (χ2v) is 3.28. The predicted molar refractivity (Wildman–Crippen MR) is 54.7 cm³/mol. The molecule has 0 saturated heterocycles. The lowest BCUT2D eigenvalue weighted by Crippen LogP contribution is -2.07. The van der Waals surface area contributed by atoms with Gasteiger partial charge < -0.3 is 5.32 Å². The molecule has 0 fully saturated rings. The predicted octanol–water partition coefficient (Wildman–Crippen LogP) is 1.71. The molecule has 0 atom stereocenters. The number of aryl methyl sites for hydroxylation is 1. The molecule has 0 bridgehead atoms. The van der Waals surface area contributed by atoms with Crippen molar-refractivity contribution in [2.24, 2.45) is 7.05 Å².